The van der Waals surface area contributed by atoms with Gasteiger partial charge in [0.05, 0.1) is 6.07 Å². The minimum Gasteiger partial charge on any atom is -0.480 e. The van der Waals surface area contributed by atoms with Crippen LogP contribution in [0.5, 0.6) is 0 Å². The fraction of sp³-hybridized carbons (Fsp3) is 0.500. The van der Waals surface area contributed by atoms with Gasteiger partial charge in [-0.15, -0.1) is 0 Å². The number of carboxylic acids is 1. The number of fused-ring (bicyclic) bond motifs is 1. The van der Waals surface area contributed by atoms with E-state index in [4.69, 9.17) is 5.11 Å². The number of hydrogen-bond acceptors (Lipinski definition) is 6. The highest BCUT2D eigenvalue weighted by molar-refractivity contribution is 5.83. The van der Waals surface area contributed by atoms with Crippen LogP contribution >= 0.6 is 0 Å². The van der Waals surface area contributed by atoms with Crippen molar-refractivity contribution in [3.8, 4) is 6.07 Å². The van der Waals surface area contributed by atoms with E-state index >= 15 is 0 Å². The maximum atomic E-state index is 12.7. The van der Waals surface area contributed by atoms with E-state index < -0.39 is 36.1 Å². The summed E-state index contributed by atoms with van der Waals surface area (Å²) in [5.74, 6) is -1.99. The zero-order chi connectivity index (χ0) is 20.3. The number of hydrogen-bond donors (Lipinski definition) is 4. The quantitative estimate of drug-likeness (QED) is 0.486. The number of nitrogens with zero attached hydrogens (tertiary/aromatic N) is 2. The van der Waals surface area contributed by atoms with Crippen molar-refractivity contribution in [2.75, 3.05) is 18.4 Å². The number of nitriles is 1. The molecule has 10 heteroatoms. The molecule has 0 unspecified atom stereocenters. The van der Waals surface area contributed by atoms with Gasteiger partial charge in [0.2, 0.25) is 11.8 Å². The van der Waals surface area contributed by atoms with Crippen molar-refractivity contribution >= 4 is 23.5 Å². The Labute approximate surface area is 160 Å². The van der Waals surface area contributed by atoms with Gasteiger partial charge in [0.25, 0.3) is 5.56 Å². The molecule has 1 aromatic heterocycles. The van der Waals surface area contributed by atoms with Crippen LogP contribution < -0.4 is 21.5 Å². The van der Waals surface area contributed by atoms with Gasteiger partial charge in [0.1, 0.15) is 24.3 Å². The Bertz CT molecular complexity index is 903. The summed E-state index contributed by atoms with van der Waals surface area (Å²) in [6.07, 6.45) is 1.78. The monoisotopic (exact) mass is 387 g/mol. The number of amides is 2. The van der Waals surface area contributed by atoms with E-state index in [1.165, 1.54) is 10.6 Å². The van der Waals surface area contributed by atoms with Gasteiger partial charge in [-0.1, -0.05) is 0 Å². The Hall–Kier alpha value is -3.35. The highest BCUT2D eigenvalue weighted by atomic mass is 16.4. The minimum absolute atomic E-state index is 0.102. The maximum absolute atomic E-state index is 12.7. The molecule has 4 N–H and O–H groups in total. The topological polar surface area (TPSA) is 153 Å². The first-order chi connectivity index (χ1) is 13.4. The Morgan fingerprint density at radius 2 is 2.14 bits per heavy atom. The maximum Gasteiger partial charge on any atom is 0.322 e. The molecule has 2 aliphatic rings. The Morgan fingerprint density at radius 1 is 1.36 bits per heavy atom. The number of aliphatic carboxylic acids is 1. The van der Waals surface area contributed by atoms with Crippen LogP contribution in [-0.4, -0.2) is 46.6 Å². The van der Waals surface area contributed by atoms with Gasteiger partial charge in [0, 0.05) is 18.2 Å². The Kier molecular flexibility index (Phi) is 5.63. The fourth-order valence-corrected chi connectivity index (χ4v) is 3.67. The summed E-state index contributed by atoms with van der Waals surface area (Å²) in [6.45, 7) is 0.151. The molecule has 1 aromatic rings. The average molecular weight is 387 g/mol. The van der Waals surface area contributed by atoms with Crippen LogP contribution in [0.15, 0.2) is 16.9 Å². The van der Waals surface area contributed by atoms with Crippen LogP contribution in [0.1, 0.15) is 31.0 Å². The van der Waals surface area contributed by atoms with Crippen LogP contribution in [0.4, 0.5) is 5.69 Å². The van der Waals surface area contributed by atoms with Crippen molar-refractivity contribution in [1.29, 1.82) is 5.26 Å². The first-order valence-electron chi connectivity index (χ1n) is 9.08. The van der Waals surface area contributed by atoms with Crippen LogP contribution in [-0.2, 0) is 20.8 Å². The first kappa shape index (κ1) is 19.4. The first-order valence-corrected chi connectivity index (χ1v) is 9.08. The van der Waals surface area contributed by atoms with Crippen LogP contribution in [0.25, 0.3) is 0 Å². The number of rotatable bonds is 7. The molecule has 1 saturated heterocycles. The summed E-state index contributed by atoms with van der Waals surface area (Å²) in [5, 5.41) is 26.0. The van der Waals surface area contributed by atoms with E-state index in [0.29, 0.717) is 31.5 Å². The second-order valence-corrected chi connectivity index (χ2v) is 6.92. The number of carbonyl (C=O) groups excluding carboxylic acids is 2. The van der Waals surface area contributed by atoms with Gasteiger partial charge in [-0.25, -0.2) is 0 Å². The molecule has 0 aromatic carbocycles. The van der Waals surface area contributed by atoms with E-state index in [9.17, 15) is 24.4 Å². The molecule has 10 nitrogen and oxygen atoms in total. The number of carboxylic acid groups (broad SMARTS) is 1. The lowest BCUT2D eigenvalue weighted by atomic mass is 9.99. The van der Waals surface area contributed by atoms with Crippen molar-refractivity contribution in [1.82, 2.24) is 15.2 Å². The van der Waals surface area contributed by atoms with Gasteiger partial charge in [-0.3, -0.25) is 23.7 Å². The summed E-state index contributed by atoms with van der Waals surface area (Å²) in [6, 6.07) is 3.60. The van der Waals surface area contributed by atoms with Crippen molar-refractivity contribution in [3.63, 3.8) is 0 Å². The van der Waals surface area contributed by atoms with E-state index in [1.54, 1.807) is 6.07 Å². The summed E-state index contributed by atoms with van der Waals surface area (Å²) in [7, 11) is 0. The van der Waals surface area contributed by atoms with Crippen molar-refractivity contribution < 1.29 is 19.5 Å². The second kappa shape index (κ2) is 8.12. The number of aromatic nitrogens is 1. The number of pyridine rings is 1. The normalized spacial score (nSPS) is 21.3. The molecule has 3 heterocycles. The predicted molar refractivity (Wildman–Crippen MR) is 97.5 cm³/mol. The molecule has 3 rings (SSSR count). The molecule has 2 aliphatic heterocycles. The Balaban J connectivity index is 1.73. The fourth-order valence-electron chi connectivity index (χ4n) is 3.67. The second-order valence-electron chi connectivity index (χ2n) is 6.92. The lowest BCUT2D eigenvalue weighted by Crippen LogP contribution is -2.42. The highest BCUT2D eigenvalue weighted by Gasteiger charge is 2.33. The third kappa shape index (κ3) is 3.98. The van der Waals surface area contributed by atoms with Gasteiger partial charge < -0.3 is 21.1 Å². The van der Waals surface area contributed by atoms with E-state index in [0.717, 1.165) is 0 Å². The number of anilines is 1. The standard InChI is InChI=1S/C18H21N5O5/c19-8-11(7-10-5-6-20-16(10)26)22-17(27)14-4-2-12-1-3-13(18(28)23(12)14)21-9-15(24)25/h1,3,10-11,14,21H,2,4-7,9H2,(H,20,26)(H,22,27)(H,24,25)/t10-,11-,14-/m0/s1. The summed E-state index contributed by atoms with van der Waals surface area (Å²) in [5.41, 5.74) is 0.306. The summed E-state index contributed by atoms with van der Waals surface area (Å²) < 4.78 is 1.34. The molecule has 0 saturated carbocycles. The SMILES string of the molecule is N#C[C@H](C[C@@H]1CCNC1=O)NC(=O)[C@@H]1CCc2ccc(NCC(=O)O)c(=O)n21. The average Bonchev–Trinajstić information content (AvgIpc) is 3.27. The van der Waals surface area contributed by atoms with Gasteiger partial charge in [-0.2, -0.15) is 5.26 Å². The predicted octanol–water partition coefficient (Wildman–Crippen LogP) is -0.633. The zero-order valence-electron chi connectivity index (χ0n) is 15.1. The molecule has 0 radical (unpaired) electrons. The summed E-state index contributed by atoms with van der Waals surface area (Å²) in [4.78, 5) is 47.8. The molecular weight excluding hydrogens is 366 g/mol. The molecule has 1 fully saturated rings. The van der Waals surface area contributed by atoms with E-state index in [-0.39, 0.29) is 23.9 Å². The van der Waals surface area contributed by atoms with Crippen molar-refractivity contribution in [3.05, 3.63) is 28.2 Å². The van der Waals surface area contributed by atoms with Gasteiger partial charge in [0.15, 0.2) is 0 Å². The third-order valence-corrected chi connectivity index (χ3v) is 5.07. The number of aryl methyl sites for hydroxylation is 1. The van der Waals surface area contributed by atoms with Crippen molar-refractivity contribution in [2.24, 2.45) is 5.92 Å². The van der Waals surface area contributed by atoms with E-state index in [1.807, 2.05) is 6.07 Å². The molecule has 2 amide bonds. The molecule has 0 aliphatic carbocycles. The smallest absolute Gasteiger partial charge is 0.322 e. The highest BCUT2D eigenvalue weighted by Crippen LogP contribution is 2.25. The van der Waals surface area contributed by atoms with E-state index in [2.05, 4.69) is 16.0 Å². The van der Waals surface area contributed by atoms with Crippen LogP contribution in [0, 0.1) is 17.2 Å². The molecule has 28 heavy (non-hydrogen) atoms. The van der Waals surface area contributed by atoms with Crippen molar-refractivity contribution in [2.45, 2.75) is 37.8 Å². The number of nitrogens with one attached hydrogen (secondary N) is 3. The molecule has 0 spiro atoms. The van der Waals surface area contributed by atoms with Crippen LogP contribution in [0.3, 0.4) is 0 Å². The van der Waals surface area contributed by atoms with Crippen LogP contribution in [0.2, 0.25) is 0 Å². The molecule has 148 valence electrons. The van der Waals surface area contributed by atoms with Gasteiger partial charge >= 0.3 is 5.97 Å². The molecular formula is C18H21N5O5. The largest absolute Gasteiger partial charge is 0.480 e. The third-order valence-electron chi connectivity index (χ3n) is 5.07. The van der Waals surface area contributed by atoms with Gasteiger partial charge in [-0.05, 0) is 37.8 Å². The zero-order valence-corrected chi connectivity index (χ0v) is 15.1. The molecule has 0 bridgehead atoms. The minimum atomic E-state index is -1.10. The summed E-state index contributed by atoms with van der Waals surface area (Å²) >= 11 is 0. The Morgan fingerprint density at radius 3 is 2.79 bits per heavy atom. The lowest BCUT2D eigenvalue weighted by Gasteiger charge is -2.19. The lowest BCUT2D eigenvalue weighted by molar-refractivity contribution is -0.135. The molecule has 3 atom stereocenters. The number of carbonyl (C=O) groups is 3.